The molecule has 0 aliphatic heterocycles. The maximum Gasteiger partial charge on any atom is 0.145 e. The monoisotopic (exact) mass is 508 g/mol. The molecule has 5 aromatic carbocycles. The zero-order valence-electron chi connectivity index (χ0n) is 21.8. The third-order valence-electron chi connectivity index (χ3n) is 7.39. The van der Waals surface area contributed by atoms with Crippen LogP contribution in [-0.2, 0) is 5.41 Å². The number of benzene rings is 5. The maximum absolute atomic E-state index is 5.13. The Labute approximate surface area is 226 Å². The van der Waals surface area contributed by atoms with Gasteiger partial charge in [0, 0.05) is 31.4 Å². The van der Waals surface area contributed by atoms with E-state index in [1.807, 2.05) is 11.3 Å². The Morgan fingerprint density at radius 1 is 0.658 bits per heavy atom. The van der Waals surface area contributed by atoms with Crippen LogP contribution in [0.2, 0.25) is 0 Å². The number of aromatic nitrogens is 2. The largest absolute Gasteiger partial charge is 0.292 e. The molecule has 0 N–H and O–H groups in total. The van der Waals surface area contributed by atoms with E-state index in [2.05, 4.69) is 141 Å². The predicted molar refractivity (Wildman–Crippen MR) is 164 cm³/mol. The Kier molecular flexibility index (Phi) is 5.24. The van der Waals surface area contributed by atoms with Crippen molar-refractivity contribution in [3.05, 3.63) is 121 Å². The minimum atomic E-state index is 0.111. The molecule has 7 rings (SSSR count). The van der Waals surface area contributed by atoms with Gasteiger partial charge in [0.15, 0.2) is 0 Å². The number of thiophene rings is 1. The number of hydrogen-bond acceptors (Lipinski definition) is 2. The molecule has 0 bridgehead atoms. The maximum atomic E-state index is 5.13. The van der Waals surface area contributed by atoms with Gasteiger partial charge in [-0.2, -0.15) is 0 Å². The lowest BCUT2D eigenvalue weighted by Gasteiger charge is -2.19. The molecule has 0 saturated heterocycles. The van der Waals surface area contributed by atoms with Crippen molar-refractivity contribution in [2.75, 3.05) is 0 Å². The number of nitrogens with zero attached hydrogens (tertiary/aromatic N) is 2. The van der Waals surface area contributed by atoms with Crippen molar-refractivity contribution in [3.8, 4) is 28.2 Å². The van der Waals surface area contributed by atoms with Gasteiger partial charge in [0.25, 0.3) is 0 Å². The average molecular weight is 509 g/mol. The molecule has 2 heterocycles. The van der Waals surface area contributed by atoms with Crippen LogP contribution >= 0.6 is 11.3 Å². The van der Waals surface area contributed by atoms with Crippen molar-refractivity contribution in [1.29, 1.82) is 0 Å². The van der Waals surface area contributed by atoms with Crippen LogP contribution in [0.5, 0.6) is 0 Å². The van der Waals surface area contributed by atoms with Gasteiger partial charge in [-0.05, 0) is 58.5 Å². The molecule has 0 atom stereocenters. The highest BCUT2D eigenvalue weighted by Crippen LogP contribution is 2.40. The molecule has 0 unspecified atom stereocenters. The Hall–Kier alpha value is -4.21. The van der Waals surface area contributed by atoms with Gasteiger partial charge >= 0.3 is 0 Å². The molecule has 0 radical (unpaired) electrons. The van der Waals surface area contributed by atoms with Crippen molar-refractivity contribution in [1.82, 2.24) is 9.55 Å². The second kappa shape index (κ2) is 8.68. The second-order valence-electron chi connectivity index (χ2n) is 10.9. The summed E-state index contributed by atoms with van der Waals surface area (Å²) in [5, 5.41) is 2.64. The van der Waals surface area contributed by atoms with E-state index in [4.69, 9.17) is 4.98 Å². The zero-order valence-corrected chi connectivity index (χ0v) is 22.6. The summed E-state index contributed by atoms with van der Waals surface area (Å²) >= 11 is 1.87. The summed E-state index contributed by atoms with van der Waals surface area (Å²) in [5.74, 6) is 0.958. The van der Waals surface area contributed by atoms with E-state index in [0.29, 0.717) is 0 Å². The average Bonchev–Trinajstić information content (AvgIpc) is 3.52. The van der Waals surface area contributed by atoms with E-state index in [1.54, 1.807) is 0 Å². The van der Waals surface area contributed by atoms with Gasteiger partial charge in [0.2, 0.25) is 0 Å². The lowest BCUT2D eigenvalue weighted by Crippen LogP contribution is -2.11. The fraction of sp³-hybridized carbons (Fsp3) is 0.114. The lowest BCUT2D eigenvalue weighted by atomic mass is 9.87. The first-order valence-corrected chi connectivity index (χ1v) is 13.9. The van der Waals surface area contributed by atoms with Crippen molar-refractivity contribution >= 4 is 42.5 Å². The lowest BCUT2D eigenvalue weighted by molar-refractivity contribution is 0.590. The zero-order chi connectivity index (χ0) is 25.9. The molecule has 0 spiro atoms. The van der Waals surface area contributed by atoms with Crippen LogP contribution in [0.25, 0.3) is 59.4 Å². The van der Waals surface area contributed by atoms with Crippen LogP contribution in [0.1, 0.15) is 26.3 Å². The number of hydrogen-bond donors (Lipinski definition) is 0. The van der Waals surface area contributed by atoms with Gasteiger partial charge in [0.05, 0.1) is 11.0 Å². The van der Waals surface area contributed by atoms with E-state index in [-0.39, 0.29) is 5.41 Å². The van der Waals surface area contributed by atoms with E-state index in [9.17, 15) is 0 Å². The highest BCUT2D eigenvalue weighted by Gasteiger charge is 2.18. The van der Waals surface area contributed by atoms with Crippen LogP contribution in [0.4, 0.5) is 0 Å². The van der Waals surface area contributed by atoms with Gasteiger partial charge < -0.3 is 0 Å². The molecule has 3 heteroatoms. The van der Waals surface area contributed by atoms with Crippen LogP contribution < -0.4 is 0 Å². The number of para-hydroxylation sites is 2. The Morgan fingerprint density at radius 3 is 2.21 bits per heavy atom. The molecule has 0 fully saturated rings. The summed E-state index contributed by atoms with van der Waals surface area (Å²) in [4.78, 5) is 5.13. The molecule has 0 aliphatic carbocycles. The number of fused-ring (bicyclic) bond motifs is 4. The highest BCUT2D eigenvalue weighted by molar-refractivity contribution is 7.26. The van der Waals surface area contributed by atoms with E-state index in [1.165, 1.54) is 36.9 Å². The number of rotatable bonds is 3. The summed E-state index contributed by atoms with van der Waals surface area (Å²) in [6.07, 6.45) is 0. The molecular weight excluding hydrogens is 480 g/mol. The normalized spacial score (nSPS) is 12.1. The van der Waals surface area contributed by atoms with Gasteiger partial charge in [-0.25, -0.2) is 4.98 Å². The van der Waals surface area contributed by atoms with E-state index >= 15 is 0 Å². The van der Waals surface area contributed by atoms with E-state index < -0.39 is 0 Å². The van der Waals surface area contributed by atoms with Crippen molar-refractivity contribution in [2.45, 2.75) is 26.2 Å². The fourth-order valence-corrected chi connectivity index (χ4v) is 6.63. The molecule has 0 aliphatic rings. The number of imidazole rings is 1. The topological polar surface area (TPSA) is 17.8 Å². The second-order valence-corrected chi connectivity index (χ2v) is 12.0. The van der Waals surface area contributed by atoms with Gasteiger partial charge in [0.1, 0.15) is 5.82 Å². The minimum absolute atomic E-state index is 0.111. The third-order valence-corrected chi connectivity index (χ3v) is 8.61. The van der Waals surface area contributed by atoms with Gasteiger partial charge in [-0.3, -0.25) is 4.57 Å². The third kappa shape index (κ3) is 3.74. The van der Waals surface area contributed by atoms with Gasteiger partial charge in [-0.15, -0.1) is 11.3 Å². The fourth-order valence-electron chi connectivity index (χ4n) is 5.39. The van der Waals surface area contributed by atoms with Crippen LogP contribution in [-0.4, -0.2) is 9.55 Å². The molecule has 2 nitrogen and oxygen atoms in total. The van der Waals surface area contributed by atoms with Crippen molar-refractivity contribution < 1.29 is 0 Å². The van der Waals surface area contributed by atoms with Crippen LogP contribution in [0.3, 0.4) is 0 Å². The Morgan fingerprint density at radius 2 is 1.37 bits per heavy atom. The summed E-state index contributed by atoms with van der Waals surface area (Å²) in [7, 11) is 0. The van der Waals surface area contributed by atoms with Crippen LogP contribution in [0, 0.1) is 0 Å². The predicted octanol–water partition coefficient (Wildman–Crippen LogP) is 10.0. The Balaban J connectivity index is 1.41. The first-order valence-electron chi connectivity index (χ1n) is 13.1. The smallest absolute Gasteiger partial charge is 0.145 e. The Bertz CT molecular complexity index is 1950. The first-order chi connectivity index (χ1) is 18.5. The molecule has 184 valence electrons. The molecule has 38 heavy (non-hydrogen) atoms. The highest BCUT2D eigenvalue weighted by atomic mass is 32.1. The summed E-state index contributed by atoms with van der Waals surface area (Å²) in [6.45, 7) is 6.76. The first kappa shape index (κ1) is 22.9. The van der Waals surface area contributed by atoms with Crippen molar-refractivity contribution in [2.24, 2.45) is 0 Å². The quantitative estimate of drug-likeness (QED) is 0.232. The molecule has 0 saturated carbocycles. The summed E-state index contributed by atoms with van der Waals surface area (Å²) < 4.78 is 4.95. The summed E-state index contributed by atoms with van der Waals surface area (Å²) in [5.41, 5.74) is 8.26. The van der Waals surface area contributed by atoms with Crippen molar-refractivity contribution in [3.63, 3.8) is 0 Å². The van der Waals surface area contributed by atoms with Gasteiger partial charge in [-0.1, -0.05) is 99.6 Å². The van der Waals surface area contributed by atoms with E-state index in [0.717, 1.165) is 28.1 Å². The SMILES string of the molecule is CC(C)(C)c1ccc(-n2c(-c3cccc(-c4cccc5c4sc4ccccc45)c3)nc3ccccc32)cc1. The summed E-state index contributed by atoms with van der Waals surface area (Å²) in [6, 6.07) is 41.5. The molecular formula is C35H28N2S. The molecule has 0 amide bonds. The minimum Gasteiger partial charge on any atom is -0.292 e. The molecule has 7 aromatic rings. The van der Waals surface area contributed by atoms with Crippen LogP contribution in [0.15, 0.2) is 115 Å². The standard InChI is InChI=1S/C35H28N2S/c1-35(2,3)25-18-20-26(21-19-25)37-31-16-6-5-15-30(31)36-34(37)24-11-8-10-23(22-24)27-13-9-14-29-28-12-4-7-17-32(28)38-33(27)29/h4-22H,1-3H3. The molecule has 2 aromatic heterocycles.